The molecule has 1 aliphatic rings. The van der Waals surface area contributed by atoms with Gasteiger partial charge in [-0.1, -0.05) is 58.4 Å². The maximum absolute atomic E-state index is 4.90. The predicted molar refractivity (Wildman–Crippen MR) is 109 cm³/mol. The fourth-order valence-electron chi connectivity index (χ4n) is 3.36. The second-order valence-corrected chi connectivity index (χ2v) is 7.43. The Morgan fingerprint density at radius 2 is 1.28 bits per heavy atom. The van der Waals surface area contributed by atoms with Crippen molar-refractivity contribution in [2.75, 3.05) is 18.0 Å². The SMILES string of the molecule is Brc1ccc(-c2ccc(-c3cccc(N4CCCCC4)n3)cc2)cc1. The average Bonchev–Trinajstić information content (AvgIpc) is 2.70. The third-order valence-corrected chi connectivity index (χ3v) is 5.30. The van der Waals surface area contributed by atoms with Crippen molar-refractivity contribution < 1.29 is 0 Å². The third-order valence-electron chi connectivity index (χ3n) is 4.77. The number of aromatic nitrogens is 1. The lowest BCUT2D eigenvalue weighted by molar-refractivity contribution is 0.573. The summed E-state index contributed by atoms with van der Waals surface area (Å²) in [6.45, 7) is 2.25. The number of piperidine rings is 1. The van der Waals surface area contributed by atoms with Crippen molar-refractivity contribution in [1.82, 2.24) is 4.98 Å². The number of rotatable bonds is 3. The Morgan fingerprint density at radius 3 is 1.96 bits per heavy atom. The lowest BCUT2D eigenvalue weighted by atomic mass is 10.0. The fourth-order valence-corrected chi connectivity index (χ4v) is 3.62. The van der Waals surface area contributed by atoms with Crippen LogP contribution in [-0.4, -0.2) is 18.1 Å². The highest BCUT2D eigenvalue weighted by molar-refractivity contribution is 9.10. The van der Waals surface area contributed by atoms with Gasteiger partial charge < -0.3 is 4.90 Å². The third kappa shape index (κ3) is 3.77. The molecule has 2 aromatic carbocycles. The number of hydrogen-bond acceptors (Lipinski definition) is 2. The molecule has 0 N–H and O–H groups in total. The molecule has 0 saturated carbocycles. The van der Waals surface area contributed by atoms with Gasteiger partial charge in [0.15, 0.2) is 0 Å². The summed E-state index contributed by atoms with van der Waals surface area (Å²) in [5, 5.41) is 0. The number of halogens is 1. The minimum Gasteiger partial charge on any atom is -0.357 e. The van der Waals surface area contributed by atoms with Crippen molar-refractivity contribution in [1.29, 1.82) is 0 Å². The van der Waals surface area contributed by atoms with Crippen LogP contribution in [0.2, 0.25) is 0 Å². The van der Waals surface area contributed by atoms with Crippen molar-refractivity contribution >= 4 is 21.7 Å². The summed E-state index contributed by atoms with van der Waals surface area (Å²) in [5.41, 5.74) is 4.67. The smallest absolute Gasteiger partial charge is 0.129 e. The molecule has 3 heteroatoms. The monoisotopic (exact) mass is 392 g/mol. The van der Waals surface area contributed by atoms with Crippen LogP contribution in [0.15, 0.2) is 71.2 Å². The van der Waals surface area contributed by atoms with E-state index in [4.69, 9.17) is 4.98 Å². The molecule has 0 amide bonds. The molecule has 0 spiro atoms. The van der Waals surface area contributed by atoms with Crippen LogP contribution in [0.1, 0.15) is 19.3 Å². The summed E-state index contributed by atoms with van der Waals surface area (Å²) in [6.07, 6.45) is 3.88. The molecule has 0 bridgehead atoms. The quantitative estimate of drug-likeness (QED) is 0.529. The van der Waals surface area contributed by atoms with Gasteiger partial charge in [-0.2, -0.15) is 0 Å². The van der Waals surface area contributed by atoms with Crippen molar-refractivity contribution in [3.05, 3.63) is 71.2 Å². The van der Waals surface area contributed by atoms with Gasteiger partial charge in [-0.3, -0.25) is 0 Å². The van der Waals surface area contributed by atoms with Gasteiger partial charge in [-0.25, -0.2) is 4.98 Å². The zero-order valence-corrected chi connectivity index (χ0v) is 15.7. The molecule has 1 aliphatic heterocycles. The van der Waals surface area contributed by atoms with Crippen LogP contribution in [0.25, 0.3) is 22.4 Å². The van der Waals surface area contributed by atoms with Crippen molar-refractivity contribution in [2.24, 2.45) is 0 Å². The summed E-state index contributed by atoms with van der Waals surface area (Å²) in [7, 11) is 0. The van der Waals surface area contributed by atoms with Gasteiger partial charge in [0.05, 0.1) is 5.69 Å². The molecular weight excluding hydrogens is 372 g/mol. The van der Waals surface area contributed by atoms with E-state index in [1.807, 2.05) is 0 Å². The van der Waals surface area contributed by atoms with Crippen molar-refractivity contribution in [2.45, 2.75) is 19.3 Å². The predicted octanol–water partition coefficient (Wildman–Crippen LogP) is 6.17. The van der Waals surface area contributed by atoms with Gasteiger partial charge >= 0.3 is 0 Å². The molecule has 0 atom stereocenters. The summed E-state index contributed by atoms with van der Waals surface area (Å²) in [4.78, 5) is 7.31. The highest BCUT2D eigenvalue weighted by atomic mass is 79.9. The zero-order valence-electron chi connectivity index (χ0n) is 14.2. The lowest BCUT2D eigenvalue weighted by Crippen LogP contribution is -2.30. The Bertz CT molecular complexity index is 835. The van der Waals surface area contributed by atoms with E-state index in [0.29, 0.717) is 0 Å². The maximum atomic E-state index is 4.90. The van der Waals surface area contributed by atoms with Gasteiger partial charge in [0.1, 0.15) is 5.82 Å². The van der Waals surface area contributed by atoms with Crippen LogP contribution in [0.5, 0.6) is 0 Å². The van der Waals surface area contributed by atoms with Crippen LogP contribution in [0.4, 0.5) is 5.82 Å². The maximum Gasteiger partial charge on any atom is 0.129 e. The average molecular weight is 393 g/mol. The number of anilines is 1. The van der Waals surface area contributed by atoms with Crippen LogP contribution in [0.3, 0.4) is 0 Å². The summed E-state index contributed by atoms with van der Waals surface area (Å²) in [6, 6.07) is 23.4. The Labute approximate surface area is 157 Å². The first-order valence-electron chi connectivity index (χ1n) is 8.88. The second-order valence-electron chi connectivity index (χ2n) is 6.51. The highest BCUT2D eigenvalue weighted by Gasteiger charge is 2.12. The van der Waals surface area contributed by atoms with E-state index < -0.39 is 0 Å². The summed E-state index contributed by atoms with van der Waals surface area (Å²) >= 11 is 3.49. The van der Waals surface area contributed by atoms with Crippen molar-refractivity contribution in [3.63, 3.8) is 0 Å². The molecule has 1 fully saturated rings. The van der Waals surface area contributed by atoms with Crippen LogP contribution in [0, 0.1) is 0 Å². The Morgan fingerprint density at radius 1 is 0.680 bits per heavy atom. The zero-order chi connectivity index (χ0) is 17.1. The standard InChI is InChI=1S/C22H21BrN2/c23-20-13-11-18(12-14-20)17-7-9-19(10-8-17)21-5-4-6-22(24-21)25-15-2-1-3-16-25/h4-14H,1-3,15-16H2. The lowest BCUT2D eigenvalue weighted by Gasteiger charge is -2.28. The van der Waals surface area contributed by atoms with Crippen molar-refractivity contribution in [3.8, 4) is 22.4 Å². The van der Waals surface area contributed by atoms with Crippen LogP contribution < -0.4 is 4.90 Å². The minimum atomic E-state index is 1.05. The molecule has 0 radical (unpaired) electrons. The Hall–Kier alpha value is -2.13. The highest BCUT2D eigenvalue weighted by Crippen LogP contribution is 2.27. The first-order chi connectivity index (χ1) is 12.3. The van der Waals surface area contributed by atoms with E-state index >= 15 is 0 Å². The number of benzene rings is 2. The van der Waals surface area contributed by atoms with E-state index in [9.17, 15) is 0 Å². The first kappa shape index (κ1) is 16.3. The first-order valence-corrected chi connectivity index (χ1v) is 9.67. The molecule has 3 aromatic rings. The molecule has 1 saturated heterocycles. The van der Waals surface area contributed by atoms with Gasteiger partial charge in [-0.15, -0.1) is 0 Å². The molecule has 25 heavy (non-hydrogen) atoms. The number of nitrogens with zero attached hydrogens (tertiary/aromatic N) is 2. The van der Waals surface area contributed by atoms with Gasteiger partial charge in [-0.05, 0) is 54.7 Å². The molecule has 4 rings (SSSR count). The fraction of sp³-hybridized carbons (Fsp3) is 0.227. The molecule has 126 valence electrons. The van der Waals surface area contributed by atoms with E-state index in [1.165, 1.54) is 36.0 Å². The van der Waals surface area contributed by atoms with E-state index in [-0.39, 0.29) is 0 Å². The van der Waals surface area contributed by atoms with E-state index in [2.05, 4.69) is 87.6 Å². The normalized spacial score (nSPS) is 14.5. The molecule has 2 nitrogen and oxygen atoms in total. The molecule has 0 aliphatic carbocycles. The largest absolute Gasteiger partial charge is 0.357 e. The molecule has 0 unspecified atom stereocenters. The van der Waals surface area contributed by atoms with Gasteiger partial charge in [0.25, 0.3) is 0 Å². The van der Waals surface area contributed by atoms with Gasteiger partial charge in [0, 0.05) is 23.1 Å². The molecule has 1 aromatic heterocycles. The molecule has 2 heterocycles. The summed E-state index contributed by atoms with van der Waals surface area (Å²) in [5.74, 6) is 1.11. The Balaban J connectivity index is 1.58. The topological polar surface area (TPSA) is 16.1 Å². The minimum absolute atomic E-state index is 1.05. The number of pyridine rings is 1. The second kappa shape index (κ2) is 7.40. The van der Waals surface area contributed by atoms with Gasteiger partial charge in [0.2, 0.25) is 0 Å². The number of hydrogen-bond donors (Lipinski definition) is 0. The van der Waals surface area contributed by atoms with Crippen LogP contribution in [-0.2, 0) is 0 Å². The van der Waals surface area contributed by atoms with E-state index in [0.717, 1.165) is 29.1 Å². The Kier molecular flexibility index (Phi) is 4.84. The van der Waals surface area contributed by atoms with E-state index in [1.54, 1.807) is 0 Å². The molecular formula is C22H21BrN2. The summed E-state index contributed by atoms with van der Waals surface area (Å²) < 4.78 is 1.10. The van der Waals surface area contributed by atoms with Crippen LogP contribution >= 0.6 is 15.9 Å².